The van der Waals surface area contributed by atoms with Crippen LogP contribution in [0.25, 0.3) is 10.8 Å². The molecule has 30 heavy (non-hydrogen) atoms. The molecule has 0 aliphatic heterocycles. The maximum Gasteiger partial charge on any atom is 0.258 e. The van der Waals surface area contributed by atoms with Gasteiger partial charge in [-0.05, 0) is 53.9 Å². The van der Waals surface area contributed by atoms with E-state index in [1.165, 1.54) is 0 Å². The summed E-state index contributed by atoms with van der Waals surface area (Å²) in [6.07, 6.45) is 6.16. The van der Waals surface area contributed by atoms with Crippen molar-refractivity contribution in [1.29, 1.82) is 0 Å². The van der Waals surface area contributed by atoms with E-state index in [0.29, 0.717) is 35.5 Å². The van der Waals surface area contributed by atoms with E-state index in [1.54, 1.807) is 35.3 Å². The minimum Gasteiger partial charge on any atom is -0.326 e. The molecule has 2 aromatic carbocycles. The Morgan fingerprint density at radius 3 is 2.57 bits per heavy atom. The number of hydrogen-bond donors (Lipinski definition) is 1. The standard InChI is InChI=1S/C24H20ClN3O2/c25-19-9-6-17(7-10-19)8-11-23(29)27-22-5-1-4-21-20(22)12-14-28(24(21)30)16-18-3-2-13-26-15-18/h1-7,9-10,12-15H,8,11,16H2,(H,27,29). The lowest BCUT2D eigenvalue weighted by Gasteiger charge is -2.11. The highest BCUT2D eigenvalue weighted by molar-refractivity contribution is 6.30. The SMILES string of the molecule is O=C(CCc1ccc(Cl)cc1)Nc1cccc2c(=O)n(Cc3cccnc3)ccc12. The molecule has 5 nitrogen and oxygen atoms in total. The number of carbonyl (C=O) groups is 1. The number of anilines is 1. The lowest BCUT2D eigenvalue weighted by Crippen LogP contribution is -2.21. The van der Waals surface area contributed by atoms with E-state index < -0.39 is 0 Å². The van der Waals surface area contributed by atoms with Crippen LogP contribution in [0.5, 0.6) is 0 Å². The Kier molecular flexibility index (Phi) is 5.91. The summed E-state index contributed by atoms with van der Waals surface area (Å²) < 4.78 is 1.64. The number of aryl methyl sites for hydroxylation is 1. The van der Waals surface area contributed by atoms with Gasteiger partial charge in [-0.15, -0.1) is 0 Å². The van der Waals surface area contributed by atoms with Gasteiger partial charge in [-0.1, -0.05) is 35.9 Å². The molecule has 4 aromatic rings. The molecule has 6 heteroatoms. The molecule has 0 aliphatic rings. The van der Waals surface area contributed by atoms with Gasteiger partial charge < -0.3 is 9.88 Å². The van der Waals surface area contributed by atoms with Gasteiger partial charge in [0.15, 0.2) is 0 Å². The predicted octanol–water partition coefficient (Wildman–Crippen LogP) is 4.67. The topological polar surface area (TPSA) is 64.0 Å². The van der Waals surface area contributed by atoms with Crippen LogP contribution in [0.4, 0.5) is 5.69 Å². The number of carbonyl (C=O) groups excluding carboxylic acids is 1. The Morgan fingerprint density at radius 2 is 1.80 bits per heavy atom. The zero-order valence-electron chi connectivity index (χ0n) is 16.2. The number of halogens is 1. The minimum absolute atomic E-state index is 0.100. The van der Waals surface area contributed by atoms with Gasteiger partial charge in [-0.2, -0.15) is 0 Å². The van der Waals surface area contributed by atoms with Crippen molar-refractivity contribution in [2.45, 2.75) is 19.4 Å². The Hall–Kier alpha value is -3.44. The first kappa shape index (κ1) is 19.9. The van der Waals surface area contributed by atoms with Gasteiger partial charge >= 0.3 is 0 Å². The van der Waals surface area contributed by atoms with Gasteiger partial charge in [0.2, 0.25) is 5.91 Å². The van der Waals surface area contributed by atoms with E-state index in [9.17, 15) is 9.59 Å². The predicted molar refractivity (Wildman–Crippen MR) is 120 cm³/mol. The summed E-state index contributed by atoms with van der Waals surface area (Å²) in [5.41, 5.74) is 2.53. The van der Waals surface area contributed by atoms with Gasteiger partial charge in [0.1, 0.15) is 0 Å². The molecular weight excluding hydrogens is 398 g/mol. The number of fused-ring (bicyclic) bond motifs is 1. The molecule has 0 spiro atoms. The monoisotopic (exact) mass is 417 g/mol. The number of nitrogens with one attached hydrogen (secondary N) is 1. The molecule has 0 radical (unpaired) electrons. The average Bonchev–Trinajstić information content (AvgIpc) is 2.76. The first-order valence-corrected chi connectivity index (χ1v) is 10.0. The van der Waals surface area contributed by atoms with Crippen molar-refractivity contribution < 1.29 is 4.79 Å². The molecule has 0 fully saturated rings. The third kappa shape index (κ3) is 4.58. The third-order valence-electron chi connectivity index (χ3n) is 4.92. The van der Waals surface area contributed by atoms with Crippen LogP contribution in [-0.4, -0.2) is 15.5 Å². The highest BCUT2D eigenvalue weighted by atomic mass is 35.5. The number of pyridine rings is 2. The van der Waals surface area contributed by atoms with Crippen LogP contribution < -0.4 is 10.9 Å². The Morgan fingerprint density at radius 1 is 0.967 bits per heavy atom. The first-order valence-electron chi connectivity index (χ1n) is 9.65. The van der Waals surface area contributed by atoms with Crippen molar-refractivity contribution in [3.8, 4) is 0 Å². The first-order chi connectivity index (χ1) is 14.6. The molecule has 0 unspecified atom stereocenters. The van der Waals surface area contributed by atoms with Gasteiger partial charge in [-0.25, -0.2) is 0 Å². The average molecular weight is 418 g/mol. The van der Waals surface area contributed by atoms with Crippen LogP contribution in [0.15, 0.2) is 84.0 Å². The van der Waals surface area contributed by atoms with Crippen LogP contribution in [0.2, 0.25) is 5.02 Å². The van der Waals surface area contributed by atoms with Gasteiger partial charge in [-0.3, -0.25) is 14.6 Å². The zero-order chi connectivity index (χ0) is 20.9. The fourth-order valence-corrected chi connectivity index (χ4v) is 3.49. The lowest BCUT2D eigenvalue weighted by atomic mass is 10.1. The molecule has 150 valence electrons. The number of benzene rings is 2. The summed E-state index contributed by atoms with van der Waals surface area (Å²) in [6.45, 7) is 0.445. The highest BCUT2D eigenvalue weighted by Gasteiger charge is 2.10. The molecular formula is C24H20ClN3O2. The number of hydrogen-bond acceptors (Lipinski definition) is 3. The van der Waals surface area contributed by atoms with Crippen molar-refractivity contribution in [2.75, 3.05) is 5.32 Å². The second-order valence-electron chi connectivity index (χ2n) is 7.05. The summed E-state index contributed by atoms with van der Waals surface area (Å²) >= 11 is 5.90. The van der Waals surface area contributed by atoms with Crippen LogP contribution >= 0.6 is 11.6 Å². The number of nitrogens with zero attached hydrogens (tertiary/aromatic N) is 2. The third-order valence-corrected chi connectivity index (χ3v) is 5.17. The van der Waals surface area contributed by atoms with E-state index in [4.69, 9.17) is 11.6 Å². The minimum atomic E-state index is -0.103. The largest absolute Gasteiger partial charge is 0.326 e. The second-order valence-corrected chi connectivity index (χ2v) is 7.49. The maximum atomic E-state index is 12.9. The molecule has 2 heterocycles. The summed E-state index contributed by atoms with van der Waals surface area (Å²) in [5.74, 6) is -0.100. The fourth-order valence-electron chi connectivity index (χ4n) is 3.36. The Labute approximate surface area is 179 Å². The van der Waals surface area contributed by atoms with Gasteiger partial charge in [0.05, 0.1) is 6.54 Å². The van der Waals surface area contributed by atoms with Gasteiger partial charge in [0, 0.05) is 46.5 Å². The van der Waals surface area contributed by atoms with Crippen molar-refractivity contribution in [1.82, 2.24) is 9.55 Å². The molecule has 0 bridgehead atoms. The van der Waals surface area contributed by atoms with E-state index in [-0.39, 0.29) is 11.5 Å². The maximum absolute atomic E-state index is 12.9. The normalized spacial score (nSPS) is 10.8. The molecule has 2 aromatic heterocycles. The zero-order valence-corrected chi connectivity index (χ0v) is 17.0. The van der Waals surface area contributed by atoms with Crippen molar-refractivity contribution in [2.24, 2.45) is 0 Å². The quantitative estimate of drug-likeness (QED) is 0.496. The van der Waals surface area contributed by atoms with Crippen LogP contribution in [0, 0.1) is 0 Å². The molecule has 1 N–H and O–H groups in total. The fraction of sp³-hybridized carbons (Fsp3) is 0.125. The second kappa shape index (κ2) is 8.93. The number of rotatable bonds is 6. The van der Waals surface area contributed by atoms with Crippen molar-refractivity contribution in [3.05, 3.63) is 106 Å². The van der Waals surface area contributed by atoms with Crippen molar-refractivity contribution in [3.63, 3.8) is 0 Å². The Balaban J connectivity index is 1.51. The Bertz CT molecular complexity index is 1240. The highest BCUT2D eigenvalue weighted by Crippen LogP contribution is 2.21. The summed E-state index contributed by atoms with van der Waals surface area (Å²) in [4.78, 5) is 29.5. The van der Waals surface area contributed by atoms with Crippen LogP contribution in [-0.2, 0) is 17.8 Å². The number of amides is 1. The van der Waals surface area contributed by atoms with E-state index in [1.807, 2.05) is 48.5 Å². The molecule has 0 saturated carbocycles. The summed E-state index contributed by atoms with van der Waals surface area (Å²) in [5, 5.41) is 4.91. The molecule has 1 amide bonds. The lowest BCUT2D eigenvalue weighted by molar-refractivity contribution is -0.116. The summed E-state index contributed by atoms with van der Waals surface area (Å²) in [7, 11) is 0. The van der Waals surface area contributed by atoms with Crippen LogP contribution in [0.1, 0.15) is 17.5 Å². The summed E-state index contributed by atoms with van der Waals surface area (Å²) in [6, 6.07) is 18.5. The van der Waals surface area contributed by atoms with Crippen molar-refractivity contribution >= 4 is 34.0 Å². The molecule has 0 atom stereocenters. The van der Waals surface area contributed by atoms with E-state index in [0.717, 1.165) is 16.5 Å². The van der Waals surface area contributed by atoms with E-state index in [2.05, 4.69) is 10.3 Å². The van der Waals surface area contributed by atoms with Gasteiger partial charge in [0.25, 0.3) is 5.56 Å². The molecule has 0 aliphatic carbocycles. The van der Waals surface area contributed by atoms with E-state index >= 15 is 0 Å². The number of aromatic nitrogens is 2. The smallest absolute Gasteiger partial charge is 0.258 e. The molecule has 0 saturated heterocycles. The molecule has 4 rings (SSSR count). The van der Waals surface area contributed by atoms with Crippen LogP contribution in [0.3, 0.4) is 0 Å².